The monoisotopic (exact) mass is 450 g/mol. The molecule has 1 saturated heterocycles. The Morgan fingerprint density at radius 2 is 1.97 bits per heavy atom. The van der Waals surface area contributed by atoms with Gasteiger partial charge in [0.2, 0.25) is 10.0 Å². The van der Waals surface area contributed by atoms with Gasteiger partial charge in [-0.3, -0.25) is 4.79 Å². The van der Waals surface area contributed by atoms with E-state index in [9.17, 15) is 18.0 Å². The molecule has 1 aromatic carbocycles. The Morgan fingerprint density at radius 3 is 2.58 bits per heavy atom. The third kappa shape index (κ3) is 5.52. The Balaban J connectivity index is 1.63. The van der Waals surface area contributed by atoms with Crippen LogP contribution < -0.4 is 4.72 Å². The average Bonchev–Trinajstić information content (AvgIpc) is 3.41. The number of benzene rings is 1. The molecular weight excluding hydrogens is 424 g/mol. The Kier molecular flexibility index (Phi) is 7.14. The van der Waals surface area contributed by atoms with Gasteiger partial charge < -0.3 is 18.8 Å². The van der Waals surface area contributed by atoms with Gasteiger partial charge in [-0.15, -0.1) is 0 Å². The quantitative estimate of drug-likeness (QED) is 0.613. The molecule has 1 aromatic heterocycles. The number of nitrogens with zero attached hydrogens (tertiary/aromatic N) is 1. The number of carbonyl (C=O) groups is 2. The molecule has 0 bridgehead atoms. The zero-order valence-electron chi connectivity index (χ0n) is 17.7. The fourth-order valence-electron chi connectivity index (χ4n) is 3.33. The number of hydrogen-bond acceptors (Lipinski definition) is 7. The molecule has 2 heterocycles. The van der Waals surface area contributed by atoms with Gasteiger partial charge >= 0.3 is 5.97 Å². The van der Waals surface area contributed by atoms with Gasteiger partial charge in [0.25, 0.3) is 5.91 Å². The van der Waals surface area contributed by atoms with E-state index < -0.39 is 16.0 Å². The summed E-state index contributed by atoms with van der Waals surface area (Å²) in [6.07, 6.45) is 1.66. The normalized spacial score (nSPS) is 16.3. The van der Waals surface area contributed by atoms with Crippen LogP contribution in [-0.4, -0.2) is 58.6 Å². The van der Waals surface area contributed by atoms with E-state index in [0.717, 1.165) is 12.8 Å². The first-order chi connectivity index (χ1) is 14.7. The first-order valence-electron chi connectivity index (χ1n) is 9.85. The summed E-state index contributed by atoms with van der Waals surface area (Å²) in [6, 6.07) is 7.26. The zero-order chi connectivity index (χ0) is 22.6. The van der Waals surface area contributed by atoms with Crippen LogP contribution in [0.4, 0.5) is 0 Å². The molecule has 1 atom stereocenters. The molecule has 1 unspecified atom stereocenters. The van der Waals surface area contributed by atoms with Gasteiger partial charge in [-0.25, -0.2) is 17.9 Å². The number of ether oxygens (including phenoxy) is 2. The number of carbonyl (C=O) groups excluding carboxylic acids is 2. The molecule has 0 saturated carbocycles. The van der Waals surface area contributed by atoms with Gasteiger partial charge in [0, 0.05) is 25.8 Å². The Labute approximate surface area is 181 Å². The van der Waals surface area contributed by atoms with Gasteiger partial charge in [-0.1, -0.05) is 0 Å². The summed E-state index contributed by atoms with van der Waals surface area (Å²) in [6.45, 7) is 2.66. The van der Waals surface area contributed by atoms with Crippen molar-refractivity contribution in [3.63, 3.8) is 0 Å². The van der Waals surface area contributed by atoms with Crippen LogP contribution in [0.15, 0.2) is 39.6 Å². The number of sulfonamides is 1. The lowest BCUT2D eigenvalue weighted by atomic mass is 10.2. The standard InChI is InChI=1S/C21H26N2O7S/c1-14-19(21(25)28-3)11-17(30-14)13-23(2)20(24)15-6-8-18(9-7-15)31(26,27)22-12-16-5-4-10-29-16/h6-9,11,16,22H,4-5,10,12-13H2,1-3H3. The van der Waals surface area contributed by atoms with Crippen LogP contribution >= 0.6 is 0 Å². The Bertz CT molecular complexity index is 1040. The molecule has 1 N–H and O–H groups in total. The summed E-state index contributed by atoms with van der Waals surface area (Å²) in [5, 5.41) is 0. The van der Waals surface area contributed by atoms with Crippen LogP contribution in [0.1, 0.15) is 45.1 Å². The molecule has 0 spiro atoms. The lowest BCUT2D eigenvalue weighted by Crippen LogP contribution is -2.32. The number of esters is 1. The van der Waals surface area contributed by atoms with Crippen molar-refractivity contribution in [1.82, 2.24) is 9.62 Å². The molecule has 31 heavy (non-hydrogen) atoms. The minimum absolute atomic E-state index is 0.0779. The van der Waals surface area contributed by atoms with E-state index in [0.29, 0.717) is 29.3 Å². The summed E-state index contributed by atoms with van der Waals surface area (Å²) in [7, 11) is -0.813. The van der Waals surface area contributed by atoms with Crippen molar-refractivity contribution >= 4 is 21.9 Å². The van der Waals surface area contributed by atoms with E-state index in [-0.39, 0.29) is 30.0 Å². The lowest BCUT2D eigenvalue weighted by molar-refractivity contribution is 0.0598. The second-order valence-corrected chi connectivity index (χ2v) is 9.11. The van der Waals surface area contributed by atoms with Crippen LogP contribution in [0.5, 0.6) is 0 Å². The molecule has 1 fully saturated rings. The molecule has 3 rings (SSSR count). The topological polar surface area (TPSA) is 115 Å². The number of aryl methyl sites for hydroxylation is 1. The number of nitrogens with one attached hydrogen (secondary N) is 1. The second-order valence-electron chi connectivity index (χ2n) is 7.35. The van der Waals surface area contributed by atoms with Crippen molar-refractivity contribution in [1.29, 1.82) is 0 Å². The van der Waals surface area contributed by atoms with E-state index in [2.05, 4.69) is 4.72 Å². The van der Waals surface area contributed by atoms with Crippen LogP contribution in [-0.2, 0) is 26.0 Å². The Morgan fingerprint density at radius 1 is 1.26 bits per heavy atom. The van der Waals surface area contributed by atoms with Crippen LogP contribution in [0.3, 0.4) is 0 Å². The van der Waals surface area contributed by atoms with E-state index in [4.69, 9.17) is 13.9 Å². The van der Waals surface area contributed by atoms with Crippen molar-refractivity contribution in [2.24, 2.45) is 0 Å². The van der Waals surface area contributed by atoms with E-state index in [1.54, 1.807) is 20.0 Å². The van der Waals surface area contributed by atoms with Crippen LogP contribution in [0.2, 0.25) is 0 Å². The summed E-state index contributed by atoms with van der Waals surface area (Å²) in [5.41, 5.74) is 0.639. The summed E-state index contributed by atoms with van der Waals surface area (Å²) < 4.78 is 43.1. The van der Waals surface area contributed by atoms with Crippen molar-refractivity contribution in [2.75, 3.05) is 27.3 Å². The maximum Gasteiger partial charge on any atom is 0.341 e. The predicted molar refractivity (Wildman–Crippen MR) is 111 cm³/mol. The third-order valence-corrected chi connectivity index (χ3v) is 6.49. The maximum atomic E-state index is 12.7. The molecular formula is C21H26N2O7S. The first-order valence-corrected chi connectivity index (χ1v) is 11.3. The Hall–Kier alpha value is -2.69. The molecule has 10 heteroatoms. The highest BCUT2D eigenvalue weighted by molar-refractivity contribution is 7.89. The first kappa shape index (κ1) is 23.0. The number of amides is 1. The smallest absolute Gasteiger partial charge is 0.341 e. The highest BCUT2D eigenvalue weighted by Gasteiger charge is 2.22. The SMILES string of the molecule is COC(=O)c1cc(CN(C)C(=O)c2ccc(S(=O)(=O)NCC3CCCO3)cc2)oc1C. The van der Waals surface area contributed by atoms with Gasteiger partial charge in [-0.2, -0.15) is 0 Å². The zero-order valence-corrected chi connectivity index (χ0v) is 18.5. The largest absolute Gasteiger partial charge is 0.465 e. The lowest BCUT2D eigenvalue weighted by Gasteiger charge is -2.16. The second kappa shape index (κ2) is 9.63. The van der Waals surface area contributed by atoms with Crippen molar-refractivity contribution in [3.05, 3.63) is 53.0 Å². The minimum atomic E-state index is -3.69. The van der Waals surface area contributed by atoms with Crippen LogP contribution in [0.25, 0.3) is 0 Å². The minimum Gasteiger partial charge on any atom is -0.465 e. The average molecular weight is 451 g/mol. The highest BCUT2D eigenvalue weighted by atomic mass is 32.2. The molecule has 0 aliphatic carbocycles. The fraction of sp³-hybridized carbons (Fsp3) is 0.429. The van der Waals surface area contributed by atoms with Crippen molar-refractivity contribution < 1.29 is 31.9 Å². The molecule has 0 radical (unpaired) electrons. The van der Waals surface area contributed by atoms with Crippen molar-refractivity contribution in [3.8, 4) is 0 Å². The molecule has 9 nitrogen and oxygen atoms in total. The summed E-state index contributed by atoms with van der Waals surface area (Å²) in [4.78, 5) is 25.9. The van der Waals surface area contributed by atoms with Gasteiger partial charge in [0.15, 0.2) is 0 Å². The predicted octanol–water partition coefficient (Wildman–Crippen LogP) is 2.10. The number of methoxy groups -OCH3 is 1. The highest BCUT2D eigenvalue weighted by Crippen LogP contribution is 2.19. The van der Waals surface area contributed by atoms with E-state index >= 15 is 0 Å². The molecule has 1 aliphatic heterocycles. The maximum absolute atomic E-state index is 12.7. The summed E-state index contributed by atoms with van der Waals surface area (Å²) in [5.74, 6) is 0.0235. The number of furan rings is 1. The van der Waals surface area contributed by atoms with Gasteiger partial charge in [-0.05, 0) is 50.1 Å². The van der Waals surface area contributed by atoms with E-state index in [1.165, 1.54) is 36.3 Å². The van der Waals surface area contributed by atoms with Crippen molar-refractivity contribution in [2.45, 2.75) is 37.3 Å². The number of hydrogen-bond donors (Lipinski definition) is 1. The van der Waals surface area contributed by atoms with E-state index in [1.807, 2.05) is 0 Å². The van der Waals surface area contributed by atoms with Gasteiger partial charge in [0.1, 0.15) is 17.1 Å². The molecule has 1 aliphatic rings. The van der Waals surface area contributed by atoms with Crippen LogP contribution in [0, 0.1) is 6.92 Å². The summed E-state index contributed by atoms with van der Waals surface area (Å²) >= 11 is 0. The molecule has 2 aromatic rings. The third-order valence-electron chi connectivity index (χ3n) is 5.05. The molecule has 168 valence electrons. The van der Waals surface area contributed by atoms with Gasteiger partial charge in [0.05, 0.1) is 24.7 Å². The fourth-order valence-corrected chi connectivity index (χ4v) is 4.39. The molecule has 1 amide bonds. The number of rotatable bonds is 8.